The third-order valence-corrected chi connectivity index (χ3v) is 6.71. The van der Waals surface area contributed by atoms with E-state index in [1.807, 2.05) is 6.07 Å². The molecule has 152 valence electrons. The minimum Gasteiger partial charge on any atom is -0.359 e. The van der Waals surface area contributed by atoms with Gasteiger partial charge in [-0.3, -0.25) is 9.59 Å². The Labute approximate surface area is 175 Å². The first-order valence-electron chi connectivity index (χ1n) is 9.29. The van der Waals surface area contributed by atoms with E-state index in [0.29, 0.717) is 22.9 Å². The first kappa shape index (κ1) is 19.7. The van der Waals surface area contributed by atoms with Crippen molar-refractivity contribution in [2.24, 2.45) is 5.92 Å². The standard InChI is InChI=1S/C19H20FN5O2S2/c1-21-15(26)8-12-10-28-18(22-12)24-17(27)11-4-3-7-25(9-11)19-23-16-13(20)5-2-6-14(16)29-19/h2,5-6,10-11H,3-4,7-9H2,1H3,(H,21,26)(H,22,24,27). The van der Waals surface area contributed by atoms with Gasteiger partial charge in [0.1, 0.15) is 11.3 Å². The van der Waals surface area contributed by atoms with Gasteiger partial charge in [0.25, 0.3) is 0 Å². The second kappa shape index (κ2) is 8.42. The Morgan fingerprint density at radius 1 is 1.34 bits per heavy atom. The molecule has 0 saturated carbocycles. The van der Waals surface area contributed by atoms with E-state index in [0.717, 1.165) is 29.2 Å². The van der Waals surface area contributed by atoms with Crippen LogP contribution in [0.15, 0.2) is 23.6 Å². The van der Waals surface area contributed by atoms with E-state index < -0.39 is 0 Å². The van der Waals surface area contributed by atoms with E-state index in [1.54, 1.807) is 18.5 Å². The number of carbonyl (C=O) groups is 2. The Balaban J connectivity index is 1.42. The molecule has 1 atom stereocenters. The molecule has 0 aliphatic carbocycles. The number of nitrogens with one attached hydrogen (secondary N) is 2. The molecule has 2 amide bonds. The van der Waals surface area contributed by atoms with Crippen molar-refractivity contribution in [2.45, 2.75) is 19.3 Å². The first-order valence-corrected chi connectivity index (χ1v) is 11.0. The summed E-state index contributed by atoms with van der Waals surface area (Å²) in [4.78, 5) is 35.0. The summed E-state index contributed by atoms with van der Waals surface area (Å²) in [6.07, 6.45) is 1.82. The lowest BCUT2D eigenvalue weighted by molar-refractivity contribution is -0.120. The van der Waals surface area contributed by atoms with Gasteiger partial charge in [-0.05, 0) is 25.0 Å². The molecule has 2 N–H and O–H groups in total. The molecular weight excluding hydrogens is 413 g/mol. The van der Waals surface area contributed by atoms with Gasteiger partial charge in [0.15, 0.2) is 10.3 Å². The van der Waals surface area contributed by atoms with Gasteiger partial charge in [-0.15, -0.1) is 11.3 Å². The van der Waals surface area contributed by atoms with Crippen molar-refractivity contribution in [3.05, 3.63) is 35.1 Å². The number of hydrogen-bond acceptors (Lipinski definition) is 7. The van der Waals surface area contributed by atoms with Crippen molar-refractivity contribution in [3.63, 3.8) is 0 Å². The number of para-hydroxylation sites is 1. The molecule has 0 bridgehead atoms. The summed E-state index contributed by atoms with van der Waals surface area (Å²) < 4.78 is 14.8. The molecule has 1 aliphatic rings. The summed E-state index contributed by atoms with van der Waals surface area (Å²) in [5.74, 6) is -0.745. The normalized spacial score (nSPS) is 16.8. The fourth-order valence-corrected chi connectivity index (χ4v) is 5.04. The van der Waals surface area contributed by atoms with Crippen molar-refractivity contribution < 1.29 is 14.0 Å². The van der Waals surface area contributed by atoms with Crippen LogP contribution in [0, 0.1) is 11.7 Å². The molecule has 1 aromatic carbocycles. The number of fused-ring (bicyclic) bond motifs is 1. The maximum absolute atomic E-state index is 13.9. The highest BCUT2D eigenvalue weighted by atomic mass is 32.1. The molecule has 4 rings (SSSR count). The number of halogens is 1. The molecule has 2 aromatic heterocycles. The molecule has 1 saturated heterocycles. The van der Waals surface area contributed by atoms with Gasteiger partial charge in [0.05, 0.1) is 22.7 Å². The zero-order valence-electron chi connectivity index (χ0n) is 15.8. The number of rotatable bonds is 5. The van der Waals surface area contributed by atoms with Gasteiger partial charge in [-0.2, -0.15) is 0 Å². The molecule has 0 spiro atoms. The van der Waals surface area contributed by atoms with Gasteiger partial charge in [0.2, 0.25) is 11.8 Å². The molecule has 1 unspecified atom stereocenters. The van der Waals surface area contributed by atoms with Gasteiger partial charge in [-0.1, -0.05) is 17.4 Å². The number of piperidine rings is 1. The third kappa shape index (κ3) is 4.38. The van der Waals surface area contributed by atoms with E-state index in [9.17, 15) is 14.0 Å². The fourth-order valence-electron chi connectivity index (χ4n) is 3.31. The molecule has 0 radical (unpaired) electrons. The van der Waals surface area contributed by atoms with Crippen molar-refractivity contribution in [1.29, 1.82) is 0 Å². The second-order valence-corrected chi connectivity index (χ2v) is 8.72. The number of carbonyl (C=O) groups excluding carboxylic acids is 2. The van der Waals surface area contributed by atoms with Crippen LogP contribution >= 0.6 is 22.7 Å². The summed E-state index contributed by atoms with van der Waals surface area (Å²) >= 11 is 2.75. The lowest BCUT2D eigenvalue weighted by atomic mass is 9.97. The highest BCUT2D eigenvalue weighted by Crippen LogP contribution is 2.33. The van der Waals surface area contributed by atoms with E-state index in [4.69, 9.17) is 0 Å². The number of amides is 2. The van der Waals surface area contributed by atoms with Crippen LogP contribution in [0.4, 0.5) is 14.7 Å². The number of anilines is 2. The summed E-state index contributed by atoms with van der Waals surface area (Å²) in [5, 5.41) is 8.42. The van der Waals surface area contributed by atoms with Crippen LogP contribution < -0.4 is 15.5 Å². The Hall–Kier alpha value is -2.59. The number of hydrogen-bond donors (Lipinski definition) is 2. The minimum absolute atomic E-state index is 0.0946. The number of thiazole rings is 2. The van der Waals surface area contributed by atoms with E-state index in [2.05, 4.69) is 25.5 Å². The maximum Gasteiger partial charge on any atom is 0.231 e. The van der Waals surface area contributed by atoms with Gasteiger partial charge in [0, 0.05) is 25.5 Å². The molecule has 3 aromatic rings. The second-order valence-electron chi connectivity index (χ2n) is 6.85. The number of likely N-dealkylation sites (N-methyl/N-ethyl adjacent to an activating group) is 1. The SMILES string of the molecule is CNC(=O)Cc1csc(NC(=O)C2CCCN(c3nc4c(F)cccc4s3)C2)n1. The monoisotopic (exact) mass is 433 g/mol. The largest absolute Gasteiger partial charge is 0.359 e. The Kier molecular flexibility index (Phi) is 5.72. The number of benzene rings is 1. The van der Waals surface area contributed by atoms with Crippen molar-refractivity contribution in [1.82, 2.24) is 15.3 Å². The van der Waals surface area contributed by atoms with E-state index >= 15 is 0 Å². The topological polar surface area (TPSA) is 87.2 Å². The zero-order valence-corrected chi connectivity index (χ0v) is 17.4. The van der Waals surface area contributed by atoms with Crippen molar-refractivity contribution in [2.75, 3.05) is 30.4 Å². The number of nitrogens with zero attached hydrogens (tertiary/aromatic N) is 3. The summed E-state index contributed by atoms with van der Waals surface area (Å²) in [7, 11) is 1.58. The fraction of sp³-hybridized carbons (Fsp3) is 0.368. The van der Waals surface area contributed by atoms with Crippen LogP contribution in [0.2, 0.25) is 0 Å². The Morgan fingerprint density at radius 2 is 2.21 bits per heavy atom. The smallest absolute Gasteiger partial charge is 0.231 e. The molecule has 1 fully saturated rings. The van der Waals surface area contributed by atoms with Crippen LogP contribution in [0.3, 0.4) is 0 Å². The summed E-state index contributed by atoms with van der Waals surface area (Å²) in [6.45, 7) is 1.32. The molecular formula is C19H20FN5O2S2. The molecule has 10 heteroatoms. The van der Waals surface area contributed by atoms with Crippen molar-refractivity contribution >= 4 is 55.0 Å². The summed E-state index contributed by atoms with van der Waals surface area (Å²) in [5.41, 5.74) is 1.01. The lowest BCUT2D eigenvalue weighted by Gasteiger charge is -2.31. The predicted octanol–water partition coefficient (Wildman–Crippen LogP) is 3.04. The van der Waals surface area contributed by atoms with Crippen LogP contribution in [0.1, 0.15) is 18.5 Å². The Morgan fingerprint density at radius 3 is 3.00 bits per heavy atom. The number of aromatic nitrogens is 2. The lowest BCUT2D eigenvalue weighted by Crippen LogP contribution is -2.40. The van der Waals surface area contributed by atoms with Crippen LogP contribution in [0.25, 0.3) is 10.2 Å². The van der Waals surface area contributed by atoms with Crippen LogP contribution in [-0.4, -0.2) is 41.9 Å². The molecule has 3 heterocycles. The van der Waals surface area contributed by atoms with E-state index in [-0.39, 0.29) is 30.0 Å². The highest BCUT2D eigenvalue weighted by molar-refractivity contribution is 7.22. The van der Waals surface area contributed by atoms with Crippen LogP contribution in [0.5, 0.6) is 0 Å². The van der Waals surface area contributed by atoms with Gasteiger partial charge in [-0.25, -0.2) is 14.4 Å². The molecule has 1 aliphatic heterocycles. The highest BCUT2D eigenvalue weighted by Gasteiger charge is 2.28. The van der Waals surface area contributed by atoms with Gasteiger partial charge < -0.3 is 15.5 Å². The van der Waals surface area contributed by atoms with Crippen LogP contribution in [-0.2, 0) is 16.0 Å². The zero-order chi connectivity index (χ0) is 20.4. The quantitative estimate of drug-likeness (QED) is 0.646. The van der Waals surface area contributed by atoms with Gasteiger partial charge >= 0.3 is 0 Å². The average molecular weight is 434 g/mol. The maximum atomic E-state index is 13.9. The van der Waals surface area contributed by atoms with E-state index in [1.165, 1.54) is 28.7 Å². The van der Waals surface area contributed by atoms with Crippen molar-refractivity contribution in [3.8, 4) is 0 Å². The third-order valence-electron chi connectivity index (χ3n) is 4.82. The Bertz CT molecular complexity index is 1050. The average Bonchev–Trinajstić information content (AvgIpc) is 3.35. The molecule has 29 heavy (non-hydrogen) atoms. The summed E-state index contributed by atoms with van der Waals surface area (Å²) in [6, 6.07) is 4.94. The molecule has 7 nitrogen and oxygen atoms in total. The minimum atomic E-state index is -0.326. The predicted molar refractivity (Wildman–Crippen MR) is 113 cm³/mol. The first-order chi connectivity index (χ1) is 14.0.